The van der Waals surface area contributed by atoms with Gasteiger partial charge in [-0.2, -0.15) is 0 Å². The molecule has 0 spiro atoms. The molecule has 0 amide bonds. The molecule has 9 aromatic carbocycles. The summed E-state index contributed by atoms with van der Waals surface area (Å²) < 4.78 is 4.94. The average molecular weight is 743 g/mol. The lowest BCUT2D eigenvalue weighted by molar-refractivity contribution is 1.17. The number of benzene rings is 9. The molecule has 0 saturated heterocycles. The van der Waals surface area contributed by atoms with Gasteiger partial charge in [0.05, 0.1) is 22.1 Å². The molecule has 0 fully saturated rings. The van der Waals surface area contributed by atoms with Crippen LogP contribution in [0.5, 0.6) is 0 Å². The summed E-state index contributed by atoms with van der Waals surface area (Å²) in [6, 6.07) is 85.3. The highest BCUT2D eigenvalue weighted by Crippen LogP contribution is 2.40. The third-order valence-electron chi connectivity index (χ3n) is 11.9. The van der Waals surface area contributed by atoms with Crippen molar-refractivity contribution in [3.8, 4) is 22.5 Å². The molecule has 2 aromatic heterocycles. The standard InChI is InChI=1S/C54H38N2Si/c1-6-20-39(21-7-1)53-52(57(42-24-10-3-11-25-42,43-26-12-4-13-27-43)44-28-14-5-15-29-44)37-35-47-45-30-16-19-33-50(45)56(54(47)53)41-34-36-51-48(38-41)46-31-17-18-32-49(46)55(51)40-22-8-2-9-23-40/h1-38H. The van der Waals surface area contributed by atoms with Gasteiger partial charge < -0.3 is 9.13 Å². The Kier molecular flexibility index (Phi) is 7.87. The smallest absolute Gasteiger partial charge is 0.180 e. The third kappa shape index (κ3) is 5.10. The number of rotatable bonds is 7. The first-order valence-corrected chi connectivity index (χ1v) is 21.7. The second-order valence-corrected chi connectivity index (χ2v) is 18.6. The van der Waals surface area contributed by atoms with Crippen LogP contribution in [0.4, 0.5) is 0 Å². The molecule has 0 bridgehead atoms. The van der Waals surface area contributed by atoms with E-state index in [0.29, 0.717) is 0 Å². The minimum atomic E-state index is -2.95. The van der Waals surface area contributed by atoms with Crippen LogP contribution in [0.1, 0.15) is 0 Å². The number of hydrogen-bond donors (Lipinski definition) is 0. The van der Waals surface area contributed by atoms with Crippen LogP contribution in [-0.4, -0.2) is 17.2 Å². The van der Waals surface area contributed by atoms with Crippen LogP contribution in [0.25, 0.3) is 66.1 Å². The molecular weight excluding hydrogens is 705 g/mol. The SMILES string of the molecule is c1ccc(-c2c([Si](c3ccccc3)(c3ccccc3)c3ccccc3)ccc3c4ccccc4n(-c4ccc5c(c4)c4ccccc4n5-c4ccccc4)c23)cc1. The van der Waals surface area contributed by atoms with E-state index < -0.39 is 8.07 Å². The molecule has 0 radical (unpaired) electrons. The van der Waals surface area contributed by atoms with Crippen LogP contribution < -0.4 is 20.7 Å². The monoisotopic (exact) mass is 742 g/mol. The van der Waals surface area contributed by atoms with E-state index in [1.54, 1.807) is 0 Å². The minimum Gasteiger partial charge on any atom is -0.309 e. The second kappa shape index (κ2) is 13.5. The molecule has 2 heterocycles. The highest BCUT2D eigenvalue weighted by molar-refractivity contribution is 7.20. The molecule has 0 N–H and O–H groups in total. The van der Waals surface area contributed by atoms with Gasteiger partial charge in [-0.05, 0) is 68.8 Å². The number of fused-ring (bicyclic) bond motifs is 6. The lowest BCUT2D eigenvalue weighted by atomic mass is 10.0. The Balaban J connectivity index is 1.31. The molecule has 0 aliphatic rings. The maximum absolute atomic E-state index is 2.95. The van der Waals surface area contributed by atoms with E-state index in [2.05, 4.69) is 240 Å². The highest BCUT2D eigenvalue weighted by Gasteiger charge is 2.43. The Bertz CT molecular complexity index is 3110. The lowest BCUT2D eigenvalue weighted by Crippen LogP contribution is -2.75. The largest absolute Gasteiger partial charge is 0.309 e. The van der Waals surface area contributed by atoms with Crippen molar-refractivity contribution in [3.05, 3.63) is 231 Å². The fourth-order valence-electron chi connectivity index (χ4n) is 9.52. The molecule has 57 heavy (non-hydrogen) atoms. The van der Waals surface area contributed by atoms with Crippen LogP contribution in [0, 0.1) is 0 Å². The fraction of sp³-hybridized carbons (Fsp3) is 0. The molecule has 11 rings (SSSR count). The number of nitrogens with zero attached hydrogens (tertiary/aromatic N) is 2. The molecule has 11 aromatic rings. The minimum absolute atomic E-state index is 1.14. The lowest BCUT2D eigenvalue weighted by Gasteiger charge is -2.36. The molecule has 0 aliphatic heterocycles. The third-order valence-corrected chi connectivity index (χ3v) is 16.7. The van der Waals surface area contributed by atoms with Crippen molar-refractivity contribution in [2.24, 2.45) is 0 Å². The molecule has 0 saturated carbocycles. The number of para-hydroxylation sites is 3. The van der Waals surface area contributed by atoms with Gasteiger partial charge >= 0.3 is 0 Å². The first-order valence-electron chi connectivity index (χ1n) is 19.7. The molecule has 0 aliphatic carbocycles. The van der Waals surface area contributed by atoms with Crippen molar-refractivity contribution in [2.45, 2.75) is 0 Å². The molecule has 268 valence electrons. The Morgan fingerprint density at radius 2 is 0.754 bits per heavy atom. The molecule has 2 nitrogen and oxygen atoms in total. The number of aromatic nitrogens is 2. The van der Waals surface area contributed by atoms with Crippen molar-refractivity contribution in [2.75, 3.05) is 0 Å². The Labute approximate surface area is 333 Å². The van der Waals surface area contributed by atoms with Crippen LogP contribution >= 0.6 is 0 Å². The summed E-state index contributed by atoms with van der Waals surface area (Å²) in [5.41, 5.74) is 9.61. The van der Waals surface area contributed by atoms with Crippen LogP contribution in [0.3, 0.4) is 0 Å². The van der Waals surface area contributed by atoms with Gasteiger partial charge in [0.2, 0.25) is 0 Å². The number of hydrogen-bond acceptors (Lipinski definition) is 0. The van der Waals surface area contributed by atoms with Crippen molar-refractivity contribution in [1.82, 2.24) is 9.13 Å². The van der Waals surface area contributed by atoms with E-state index in [1.165, 1.54) is 75.5 Å². The predicted octanol–water partition coefficient (Wildman–Crippen LogP) is 10.9. The summed E-state index contributed by atoms with van der Waals surface area (Å²) in [5.74, 6) is 0. The van der Waals surface area contributed by atoms with Crippen molar-refractivity contribution >= 4 is 72.4 Å². The normalized spacial score (nSPS) is 11.9. The summed E-state index contributed by atoms with van der Waals surface area (Å²) in [6.07, 6.45) is 0. The predicted molar refractivity (Wildman–Crippen MR) is 244 cm³/mol. The quantitative estimate of drug-likeness (QED) is 0.114. The Hall–Kier alpha value is -7.20. The van der Waals surface area contributed by atoms with Crippen LogP contribution in [-0.2, 0) is 0 Å². The van der Waals surface area contributed by atoms with Crippen molar-refractivity contribution < 1.29 is 0 Å². The summed E-state index contributed by atoms with van der Waals surface area (Å²) >= 11 is 0. The second-order valence-electron chi connectivity index (χ2n) is 14.8. The van der Waals surface area contributed by atoms with Crippen LogP contribution in [0.15, 0.2) is 231 Å². The average Bonchev–Trinajstić information content (AvgIpc) is 3.81. The van der Waals surface area contributed by atoms with Gasteiger partial charge in [-0.15, -0.1) is 0 Å². The van der Waals surface area contributed by atoms with Gasteiger partial charge in [0, 0.05) is 38.5 Å². The zero-order chi connectivity index (χ0) is 37.8. The van der Waals surface area contributed by atoms with E-state index in [4.69, 9.17) is 0 Å². The van der Waals surface area contributed by atoms with Gasteiger partial charge in [0.15, 0.2) is 8.07 Å². The molecule has 3 heteroatoms. The topological polar surface area (TPSA) is 9.86 Å². The van der Waals surface area contributed by atoms with Crippen molar-refractivity contribution in [3.63, 3.8) is 0 Å². The fourth-order valence-corrected chi connectivity index (χ4v) is 14.5. The van der Waals surface area contributed by atoms with Gasteiger partial charge in [-0.3, -0.25) is 0 Å². The van der Waals surface area contributed by atoms with Gasteiger partial charge in [0.25, 0.3) is 0 Å². The van der Waals surface area contributed by atoms with E-state index in [0.717, 1.165) is 11.4 Å². The Morgan fingerprint density at radius 3 is 1.33 bits per heavy atom. The van der Waals surface area contributed by atoms with E-state index in [9.17, 15) is 0 Å². The zero-order valence-corrected chi connectivity index (χ0v) is 32.3. The summed E-state index contributed by atoms with van der Waals surface area (Å²) in [6.45, 7) is 0. The van der Waals surface area contributed by atoms with E-state index >= 15 is 0 Å². The maximum Gasteiger partial charge on any atom is 0.180 e. The summed E-state index contributed by atoms with van der Waals surface area (Å²) in [4.78, 5) is 0. The highest BCUT2D eigenvalue weighted by atomic mass is 28.3. The van der Waals surface area contributed by atoms with Gasteiger partial charge in [0.1, 0.15) is 0 Å². The first kappa shape index (κ1) is 33.2. The van der Waals surface area contributed by atoms with E-state index in [1.807, 2.05) is 0 Å². The Morgan fingerprint density at radius 1 is 0.298 bits per heavy atom. The van der Waals surface area contributed by atoms with Gasteiger partial charge in [-0.1, -0.05) is 188 Å². The molecule has 0 atom stereocenters. The maximum atomic E-state index is 2.55. The van der Waals surface area contributed by atoms with Gasteiger partial charge in [-0.25, -0.2) is 0 Å². The van der Waals surface area contributed by atoms with Crippen LogP contribution in [0.2, 0.25) is 0 Å². The zero-order valence-electron chi connectivity index (χ0n) is 31.3. The van der Waals surface area contributed by atoms with Crippen molar-refractivity contribution in [1.29, 1.82) is 0 Å². The molecule has 0 unspecified atom stereocenters. The molecular formula is C54H38N2Si. The van der Waals surface area contributed by atoms with E-state index in [-0.39, 0.29) is 0 Å². The first-order chi connectivity index (χ1) is 28.3. The summed E-state index contributed by atoms with van der Waals surface area (Å²) in [5, 5.41) is 10.4. The summed E-state index contributed by atoms with van der Waals surface area (Å²) in [7, 11) is -2.95.